The van der Waals surface area contributed by atoms with Crippen molar-refractivity contribution in [1.82, 2.24) is 4.90 Å². The SMILES string of the molecule is C[C@]12CC[C@@H]3c4ccc(O)cc4CC[C@H]3[C@@H]1CC/C2=N\N=C1/CC[C@@]2(O)[C@H]3Cc4ccc(O)c5c4[C@@]2(CCN3CC2CC2)[C@H]1O5. The highest BCUT2D eigenvalue weighted by molar-refractivity contribution is 5.97. The van der Waals surface area contributed by atoms with Crippen LogP contribution in [0.4, 0.5) is 0 Å². The van der Waals surface area contributed by atoms with E-state index in [0.29, 0.717) is 42.1 Å². The molecule has 3 N–H and O–H groups in total. The Morgan fingerprint density at radius 2 is 1.82 bits per heavy atom. The number of benzene rings is 2. The Balaban J connectivity index is 0.991. The fourth-order valence-corrected chi connectivity index (χ4v) is 12.0. The van der Waals surface area contributed by atoms with Gasteiger partial charge in [0.2, 0.25) is 0 Å². The van der Waals surface area contributed by atoms with E-state index in [4.69, 9.17) is 14.9 Å². The van der Waals surface area contributed by atoms with E-state index in [1.54, 1.807) is 6.07 Å². The molecule has 2 bridgehead atoms. The van der Waals surface area contributed by atoms with Gasteiger partial charge in [-0.3, -0.25) is 4.90 Å². The van der Waals surface area contributed by atoms with E-state index in [9.17, 15) is 15.3 Å². The molecule has 0 amide bonds. The molecule has 2 aromatic rings. The largest absolute Gasteiger partial charge is 0.508 e. The van der Waals surface area contributed by atoms with Gasteiger partial charge >= 0.3 is 0 Å². The molecule has 0 aromatic heterocycles. The lowest BCUT2D eigenvalue weighted by Crippen LogP contribution is -2.76. The first kappa shape index (κ1) is 27.2. The van der Waals surface area contributed by atoms with Crippen molar-refractivity contribution < 1.29 is 20.1 Å². The topological polar surface area (TPSA) is 97.9 Å². The molecule has 6 aliphatic carbocycles. The van der Waals surface area contributed by atoms with Gasteiger partial charge in [0.1, 0.15) is 5.75 Å². The number of aromatic hydroxyl groups is 2. The summed E-state index contributed by atoms with van der Waals surface area (Å²) in [6, 6.07) is 9.96. The number of nitrogens with zero attached hydrogens (tertiary/aromatic N) is 3. The van der Waals surface area contributed by atoms with Crippen molar-refractivity contribution in [3.8, 4) is 17.2 Å². The Bertz CT molecular complexity index is 1680. The molecule has 8 atom stereocenters. The van der Waals surface area contributed by atoms with Crippen LogP contribution in [0.5, 0.6) is 17.2 Å². The summed E-state index contributed by atoms with van der Waals surface area (Å²) in [6.45, 7) is 4.47. The molecule has 8 aliphatic rings. The van der Waals surface area contributed by atoms with Gasteiger partial charge in [0.15, 0.2) is 17.6 Å². The molecule has 4 saturated carbocycles. The molecule has 45 heavy (non-hydrogen) atoms. The van der Waals surface area contributed by atoms with Gasteiger partial charge in [0, 0.05) is 29.3 Å². The first-order valence-corrected chi connectivity index (χ1v) is 17.7. The van der Waals surface area contributed by atoms with Gasteiger partial charge in [-0.05, 0) is 142 Å². The number of ether oxygens (including phenoxy) is 1. The van der Waals surface area contributed by atoms with Gasteiger partial charge in [-0.25, -0.2) is 0 Å². The molecule has 2 aromatic carbocycles. The van der Waals surface area contributed by atoms with Crippen molar-refractivity contribution >= 4 is 11.4 Å². The van der Waals surface area contributed by atoms with Crippen LogP contribution >= 0.6 is 0 Å². The molecule has 0 unspecified atom stereocenters. The number of rotatable bonds is 3. The minimum absolute atomic E-state index is 0.0579. The standard InChI is InChI=1S/C38H45N3O4/c1-36-14-12-26-25-8-6-24(42)18-22(25)4-7-27(26)28(36)9-11-31(36)40-39-29-13-15-38(44)32-19-23-5-10-30(43)34-33(23)37(38,35(29)45-34)16-17-41(32)20-21-2-3-21/h5-6,8,10,18,21,26-28,32,35,42-44H,2-4,7,9,11-17,19-20H2,1H3/b39-29+,40-31+/t26-,27-,28+,32-,35+,36+,37+,38-/m1/s1. The number of hydrogen-bond acceptors (Lipinski definition) is 7. The summed E-state index contributed by atoms with van der Waals surface area (Å²) in [5.74, 6) is 3.74. The van der Waals surface area contributed by atoms with E-state index in [-0.39, 0.29) is 23.3 Å². The first-order chi connectivity index (χ1) is 21.8. The second-order valence-electron chi connectivity index (χ2n) is 16.2. The van der Waals surface area contributed by atoms with Gasteiger partial charge in [-0.2, -0.15) is 10.2 Å². The van der Waals surface area contributed by atoms with E-state index < -0.39 is 11.0 Å². The molecule has 1 saturated heterocycles. The molecule has 2 heterocycles. The Kier molecular flexibility index (Phi) is 5.52. The normalized spacial score (nSPS) is 42.6. The first-order valence-electron chi connectivity index (χ1n) is 17.7. The van der Waals surface area contributed by atoms with Gasteiger partial charge < -0.3 is 20.1 Å². The summed E-state index contributed by atoms with van der Waals surface area (Å²) in [6.07, 6.45) is 11.9. The van der Waals surface area contributed by atoms with Crippen LogP contribution in [-0.4, -0.2) is 62.5 Å². The number of hydrogen-bond donors (Lipinski definition) is 3. The van der Waals surface area contributed by atoms with Crippen molar-refractivity contribution in [3.05, 3.63) is 52.6 Å². The molecule has 7 heteroatoms. The van der Waals surface area contributed by atoms with Crippen molar-refractivity contribution in [2.45, 2.75) is 113 Å². The lowest BCUT2D eigenvalue weighted by atomic mass is 9.49. The molecule has 5 fully saturated rings. The van der Waals surface area contributed by atoms with E-state index in [2.05, 4.69) is 24.0 Å². The minimum Gasteiger partial charge on any atom is -0.508 e. The quantitative estimate of drug-likeness (QED) is 0.371. The van der Waals surface area contributed by atoms with Crippen LogP contribution in [0, 0.1) is 23.2 Å². The Hall–Kier alpha value is -2.90. The van der Waals surface area contributed by atoms with Crippen molar-refractivity contribution in [2.75, 3.05) is 13.1 Å². The number of piperidine rings is 1. The highest BCUT2D eigenvalue weighted by atomic mass is 16.5. The number of aryl methyl sites for hydroxylation is 1. The number of fused-ring (bicyclic) bond motifs is 5. The van der Waals surface area contributed by atoms with Crippen LogP contribution in [0.25, 0.3) is 0 Å². The second-order valence-corrected chi connectivity index (χ2v) is 16.2. The van der Waals surface area contributed by atoms with Crippen molar-refractivity contribution in [2.24, 2.45) is 33.4 Å². The van der Waals surface area contributed by atoms with Crippen LogP contribution in [0.2, 0.25) is 0 Å². The number of likely N-dealkylation sites (tertiary alicyclic amines) is 1. The lowest BCUT2D eigenvalue weighted by molar-refractivity contribution is -0.166. The van der Waals surface area contributed by atoms with E-state index in [0.717, 1.165) is 68.8 Å². The van der Waals surface area contributed by atoms with Crippen LogP contribution < -0.4 is 4.74 Å². The third-order valence-electron chi connectivity index (χ3n) is 14.3. The molecule has 2 aliphatic heterocycles. The molecule has 1 spiro atoms. The summed E-state index contributed by atoms with van der Waals surface area (Å²) in [5, 5.41) is 44.1. The third-order valence-corrected chi connectivity index (χ3v) is 14.3. The molecular weight excluding hydrogens is 562 g/mol. The van der Waals surface area contributed by atoms with Crippen LogP contribution in [0.3, 0.4) is 0 Å². The van der Waals surface area contributed by atoms with Crippen LogP contribution in [0.15, 0.2) is 40.5 Å². The Morgan fingerprint density at radius 1 is 0.933 bits per heavy atom. The predicted octanol–water partition coefficient (Wildman–Crippen LogP) is 6.02. The maximum atomic E-state index is 12.8. The average molecular weight is 608 g/mol. The summed E-state index contributed by atoms with van der Waals surface area (Å²) < 4.78 is 6.73. The number of phenolic OH excluding ortho intramolecular Hbond substituents is 2. The summed E-state index contributed by atoms with van der Waals surface area (Å²) >= 11 is 0. The molecule has 0 radical (unpaired) electrons. The average Bonchev–Trinajstić information content (AvgIpc) is 3.68. The Labute approximate surface area is 265 Å². The zero-order valence-corrected chi connectivity index (χ0v) is 26.3. The second kappa shape index (κ2) is 9.13. The molecule has 7 nitrogen and oxygen atoms in total. The number of aliphatic hydroxyl groups is 1. The zero-order valence-electron chi connectivity index (χ0n) is 26.3. The predicted molar refractivity (Wildman–Crippen MR) is 172 cm³/mol. The van der Waals surface area contributed by atoms with E-state index in [1.165, 1.54) is 48.1 Å². The van der Waals surface area contributed by atoms with Crippen molar-refractivity contribution in [3.63, 3.8) is 0 Å². The highest BCUT2D eigenvalue weighted by Gasteiger charge is 2.72. The molecule has 10 rings (SSSR count). The fraction of sp³-hybridized carbons (Fsp3) is 0.632. The maximum Gasteiger partial charge on any atom is 0.166 e. The molecular formula is C38H45N3O4. The molecule has 236 valence electrons. The van der Waals surface area contributed by atoms with Gasteiger partial charge in [0.25, 0.3) is 0 Å². The van der Waals surface area contributed by atoms with Gasteiger partial charge in [-0.1, -0.05) is 19.1 Å². The van der Waals surface area contributed by atoms with E-state index in [1.807, 2.05) is 12.1 Å². The summed E-state index contributed by atoms with van der Waals surface area (Å²) in [4.78, 5) is 2.58. The van der Waals surface area contributed by atoms with Crippen LogP contribution in [0.1, 0.15) is 99.3 Å². The van der Waals surface area contributed by atoms with Gasteiger partial charge in [-0.15, -0.1) is 0 Å². The fourth-order valence-electron chi connectivity index (χ4n) is 12.0. The maximum absolute atomic E-state index is 12.8. The summed E-state index contributed by atoms with van der Waals surface area (Å²) in [5.41, 5.74) is 5.83. The smallest absolute Gasteiger partial charge is 0.166 e. The zero-order chi connectivity index (χ0) is 30.3. The monoisotopic (exact) mass is 607 g/mol. The van der Waals surface area contributed by atoms with Gasteiger partial charge in [0.05, 0.1) is 16.7 Å². The summed E-state index contributed by atoms with van der Waals surface area (Å²) in [7, 11) is 0. The minimum atomic E-state index is -0.903. The Morgan fingerprint density at radius 3 is 2.69 bits per heavy atom. The van der Waals surface area contributed by atoms with Crippen LogP contribution in [-0.2, 0) is 18.3 Å². The lowest BCUT2D eigenvalue weighted by Gasteiger charge is -2.63. The number of phenols is 2. The third kappa shape index (κ3) is 3.49. The highest BCUT2D eigenvalue weighted by Crippen LogP contribution is 2.65. The van der Waals surface area contributed by atoms with E-state index >= 15 is 0 Å². The van der Waals surface area contributed by atoms with Crippen molar-refractivity contribution in [1.29, 1.82) is 0 Å².